The van der Waals surface area contributed by atoms with Crippen LogP contribution in [0.4, 0.5) is 0 Å². The lowest BCUT2D eigenvalue weighted by atomic mass is 9.81. The van der Waals surface area contributed by atoms with Crippen LogP contribution in [0.25, 0.3) is 0 Å². The van der Waals surface area contributed by atoms with Gasteiger partial charge in [0.2, 0.25) is 0 Å². The molecule has 1 fully saturated rings. The number of rotatable bonds is 3. The summed E-state index contributed by atoms with van der Waals surface area (Å²) in [4.78, 5) is 10.2. The summed E-state index contributed by atoms with van der Waals surface area (Å²) in [5.41, 5.74) is -0.335. The second-order valence-electron chi connectivity index (χ2n) is 3.26. The molecule has 1 atom stereocenters. The minimum absolute atomic E-state index is 0.195. The number of ether oxygens (including phenoxy) is 1. The number of hydrogen-bond donors (Lipinski definition) is 2. The molecule has 0 amide bonds. The summed E-state index contributed by atoms with van der Waals surface area (Å²) in [7, 11) is 0. The molecule has 0 aromatic carbocycles. The van der Waals surface area contributed by atoms with Gasteiger partial charge in [0, 0.05) is 5.41 Å². The van der Waals surface area contributed by atoms with Crippen LogP contribution in [-0.2, 0) is 9.53 Å². The van der Waals surface area contributed by atoms with Gasteiger partial charge < -0.3 is 14.9 Å². The van der Waals surface area contributed by atoms with Crippen molar-refractivity contribution in [2.75, 3.05) is 13.2 Å². The minimum atomic E-state index is -0.967. The second-order valence-corrected chi connectivity index (χ2v) is 3.26. The van der Waals surface area contributed by atoms with Crippen molar-refractivity contribution in [3.05, 3.63) is 0 Å². The third-order valence-corrected chi connectivity index (χ3v) is 2.04. The lowest BCUT2D eigenvalue weighted by Gasteiger charge is -2.41. The van der Waals surface area contributed by atoms with E-state index in [9.17, 15) is 9.90 Å². The topological polar surface area (TPSA) is 66.8 Å². The largest absolute Gasteiger partial charge is 0.481 e. The molecule has 0 aromatic rings. The number of carboxylic acid groups (broad SMARTS) is 1. The zero-order valence-electron chi connectivity index (χ0n) is 6.41. The van der Waals surface area contributed by atoms with E-state index in [1.807, 2.05) is 6.92 Å². The van der Waals surface area contributed by atoms with Crippen molar-refractivity contribution < 1.29 is 19.7 Å². The van der Waals surface area contributed by atoms with Gasteiger partial charge in [-0.1, -0.05) is 6.92 Å². The molecule has 0 unspecified atom stereocenters. The van der Waals surface area contributed by atoms with Crippen molar-refractivity contribution >= 4 is 5.97 Å². The molecule has 0 aliphatic carbocycles. The third kappa shape index (κ3) is 1.70. The molecular weight excluding hydrogens is 148 g/mol. The SMILES string of the molecule is CC1([C@@H](O)CC(=O)O)COC1. The fraction of sp³-hybridized carbons (Fsp3) is 0.857. The molecule has 1 rings (SSSR count). The molecule has 0 aromatic heterocycles. The highest BCUT2D eigenvalue weighted by Crippen LogP contribution is 2.31. The molecule has 11 heavy (non-hydrogen) atoms. The van der Waals surface area contributed by atoms with Gasteiger partial charge in [0.25, 0.3) is 0 Å². The van der Waals surface area contributed by atoms with E-state index >= 15 is 0 Å². The second kappa shape index (κ2) is 2.79. The maximum Gasteiger partial charge on any atom is 0.305 e. The van der Waals surface area contributed by atoms with E-state index in [4.69, 9.17) is 9.84 Å². The predicted octanol–water partition coefficient (Wildman–Crippen LogP) is -0.141. The zero-order chi connectivity index (χ0) is 8.48. The average molecular weight is 160 g/mol. The Morgan fingerprint density at radius 1 is 1.73 bits per heavy atom. The summed E-state index contributed by atoms with van der Waals surface area (Å²) in [6.07, 6.45) is -0.978. The van der Waals surface area contributed by atoms with Gasteiger partial charge in [-0.2, -0.15) is 0 Å². The van der Waals surface area contributed by atoms with E-state index in [1.54, 1.807) is 0 Å². The first-order valence-electron chi connectivity index (χ1n) is 3.52. The highest BCUT2D eigenvalue weighted by atomic mass is 16.5. The van der Waals surface area contributed by atoms with Crippen LogP contribution in [0.1, 0.15) is 13.3 Å². The van der Waals surface area contributed by atoms with Crippen molar-refractivity contribution in [2.24, 2.45) is 5.41 Å². The Morgan fingerprint density at radius 2 is 2.27 bits per heavy atom. The lowest BCUT2D eigenvalue weighted by molar-refractivity contribution is -0.171. The van der Waals surface area contributed by atoms with Crippen LogP contribution in [0.15, 0.2) is 0 Å². The number of carbonyl (C=O) groups is 1. The molecule has 0 saturated carbocycles. The van der Waals surface area contributed by atoms with Crippen molar-refractivity contribution in [2.45, 2.75) is 19.4 Å². The van der Waals surface area contributed by atoms with Gasteiger partial charge in [0.1, 0.15) is 0 Å². The van der Waals surface area contributed by atoms with Crippen molar-refractivity contribution in [1.29, 1.82) is 0 Å². The summed E-state index contributed by atoms with van der Waals surface area (Å²) in [5, 5.41) is 17.7. The fourth-order valence-electron chi connectivity index (χ4n) is 1.03. The average Bonchev–Trinajstić information content (AvgIpc) is 1.81. The molecule has 4 nitrogen and oxygen atoms in total. The molecule has 4 heteroatoms. The Kier molecular flexibility index (Phi) is 2.15. The first kappa shape index (κ1) is 8.49. The maximum absolute atomic E-state index is 10.2. The van der Waals surface area contributed by atoms with Gasteiger partial charge in [-0.05, 0) is 0 Å². The van der Waals surface area contributed by atoms with Gasteiger partial charge in [0.15, 0.2) is 0 Å². The van der Waals surface area contributed by atoms with Crippen LogP contribution in [-0.4, -0.2) is 35.5 Å². The van der Waals surface area contributed by atoms with Crippen molar-refractivity contribution in [3.63, 3.8) is 0 Å². The quantitative estimate of drug-likeness (QED) is 0.603. The first-order chi connectivity index (χ1) is 5.04. The highest BCUT2D eigenvalue weighted by Gasteiger charge is 2.41. The Morgan fingerprint density at radius 3 is 2.55 bits per heavy atom. The molecule has 64 valence electrons. The fourth-order valence-corrected chi connectivity index (χ4v) is 1.03. The van der Waals surface area contributed by atoms with Crippen LogP contribution in [0.3, 0.4) is 0 Å². The molecule has 0 spiro atoms. The van der Waals surface area contributed by atoms with E-state index in [2.05, 4.69) is 0 Å². The number of aliphatic carboxylic acids is 1. The molecule has 0 radical (unpaired) electrons. The van der Waals surface area contributed by atoms with Gasteiger partial charge in [-0.25, -0.2) is 0 Å². The molecule has 1 heterocycles. The van der Waals surface area contributed by atoms with Gasteiger partial charge in [-0.15, -0.1) is 0 Å². The highest BCUT2D eigenvalue weighted by molar-refractivity contribution is 5.67. The van der Waals surface area contributed by atoms with E-state index in [-0.39, 0.29) is 11.8 Å². The van der Waals surface area contributed by atoms with Crippen LogP contribution < -0.4 is 0 Å². The lowest BCUT2D eigenvalue weighted by Crippen LogP contribution is -2.49. The molecule has 1 aliphatic rings. The number of aliphatic hydroxyl groups excluding tert-OH is 1. The van der Waals surface area contributed by atoms with E-state index in [1.165, 1.54) is 0 Å². The Hall–Kier alpha value is -0.610. The number of carboxylic acids is 1. The van der Waals surface area contributed by atoms with E-state index < -0.39 is 12.1 Å². The van der Waals surface area contributed by atoms with Crippen LogP contribution in [0.2, 0.25) is 0 Å². The minimum Gasteiger partial charge on any atom is -0.481 e. The molecule has 1 aliphatic heterocycles. The van der Waals surface area contributed by atoms with Crippen molar-refractivity contribution in [1.82, 2.24) is 0 Å². The summed E-state index contributed by atoms with van der Waals surface area (Å²) >= 11 is 0. The van der Waals surface area contributed by atoms with E-state index in [0.717, 1.165) is 0 Å². The number of aliphatic hydroxyl groups is 1. The van der Waals surface area contributed by atoms with E-state index in [0.29, 0.717) is 13.2 Å². The molecule has 1 saturated heterocycles. The smallest absolute Gasteiger partial charge is 0.305 e. The summed E-state index contributed by atoms with van der Waals surface area (Å²) in [5.74, 6) is -0.967. The Bertz CT molecular complexity index is 162. The first-order valence-corrected chi connectivity index (χ1v) is 3.52. The van der Waals surface area contributed by atoms with Gasteiger partial charge in [-0.3, -0.25) is 4.79 Å². The normalized spacial score (nSPS) is 23.8. The standard InChI is InChI=1S/C7H12O4/c1-7(3-11-4-7)5(8)2-6(9)10/h5,8H,2-4H2,1H3,(H,9,10)/t5-/m0/s1. The molecule has 0 bridgehead atoms. The summed E-state index contributed by atoms with van der Waals surface area (Å²) < 4.78 is 4.89. The van der Waals surface area contributed by atoms with Gasteiger partial charge in [0.05, 0.1) is 25.7 Å². The maximum atomic E-state index is 10.2. The Labute approximate surface area is 64.8 Å². The van der Waals surface area contributed by atoms with Crippen LogP contribution >= 0.6 is 0 Å². The van der Waals surface area contributed by atoms with Crippen LogP contribution in [0.5, 0.6) is 0 Å². The Balaban J connectivity index is 2.40. The third-order valence-electron chi connectivity index (χ3n) is 2.04. The van der Waals surface area contributed by atoms with Crippen LogP contribution in [0, 0.1) is 5.41 Å². The number of hydrogen-bond acceptors (Lipinski definition) is 3. The summed E-state index contributed by atoms with van der Waals surface area (Å²) in [6, 6.07) is 0. The summed E-state index contributed by atoms with van der Waals surface area (Å²) in [6.45, 7) is 2.74. The molecule has 2 N–H and O–H groups in total. The monoisotopic (exact) mass is 160 g/mol. The molecular formula is C7H12O4. The van der Waals surface area contributed by atoms with Crippen molar-refractivity contribution in [3.8, 4) is 0 Å². The zero-order valence-corrected chi connectivity index (χ0v) is 6.41. The predicted molar refractivity (Wildman–Crippen MR) is 37.2 cm³/mol. The van der Waals surface area contributed by atoms with Gasteiger partial charge >= 0.3 is 5.97 Å².